The maximum Gasteiger partial charge on any atom is 0.214 e. The summed E-state index contributed by atoms with van der Waals surface area (Å²) in [7, 11) is -1.32. The highest BCUT2D eigenvalue weighted by Gasteiger charge is 2.24. The highest BCUT2D eigenvalue weighted by molar-refractivity contribution is 7.89. The summed E-state index contributed by atoms with van der Waals surface area (Å²) in [6.45, 7) is 4.71. The Balaban J connectivity index is 2.37. The molecule has 1 rings (SSSR count). The molecule has 0 aromatic carbocycles. The first-order chi connectivity index (χ1) is 8.06. The minimum Gasteiger partial charge on any atom is -0.317 e. The molecule has 1 N–H and O–H groups in total. The number of nitrogens with one attached hydrogen (secondary N) is 1. The number of hydrogen-bond acceptors (Lipinski definition) is 3. The largest absolute Gasteiger partial charge is 0.317 e. The molecule has 102 valence electrons. The second-order valence-electron chi connectivity index (χ2n) is 5.00. The van der Waals surface area contributed by atoms with Crippen molar-refractivity contribution in [2.24, 2.45) is 5.92 Å². The second-order valence-corrected chi connectivity index (χ2v) is 7.12. The van der Waals surface area contributed by atoms with E-state index in [0.29, 0.717) is 18.2 Å². The lowest BCUT2D eigenvalue weighted by molar-refractivity contribution is 0.387. The van der Waals surface area contributed by atoms with Crippen LogP contribution in [0.15, 0.2) is 0 Å². The fraction of sp³-hybridized carbons (Fsp3) is 1.00. The molecule has 0 amide bonds. The van der Waals surface area contributed by atoms with E-state index in [9.17, 15) is 8.42 Å². The predicted octanol–water partition coefficient (Wildman–Crippen LogP) is 1.44. The summed E-state index contributed by atoms with van der Waals surface area (Å²) >= 11 is 0. The zero-order valence-electron chi connectivity index (χ0n) is 11.1. The smallest absolute Gasteiger partial charge is 0.214 e. The van der Waals surface area contributed by atoms with Crippen LogP contribution in [-0.2, 0) is 10.0 Å². The summed E-state index contributed by atoms with van der Waals surface area (Å²) in [6, 6.07) is 0. The Bertz CT molecular complexity index is 298. The molecule has 1 aliphatic heterocycles. The molecular formula is C12H26N2O2S. The van der Waals surface area contributed by atoms with Gasteiger partial charge in [0.25, 0.3) is 0 Å². The van der Waals surface area contributed by atoms with Gasteiger partial charge in [-0.1, -0.05) is 19.8 Å². The van der Waals surface area contributed by atoms with Crippen molar-refractivity contribution in [3.05, 3.63) is 0 Å². The van der Waals surface area contributed by atoms with E-state index in [-0.39, 0.29) is 0 Å². The van der Waals surface area contributed by atoms with Crippen molar-refractivity contribution < 1.29 is 8.42 Å². The molecule has 1 fully saturated rings. The summed E-state index contributed by atoms with van der Waals surface area (Å²) in [6.07, 6.45) is 5.18. The van der Waals surface area contributed by atoms with E-state index in [0.717, 1.165) is 45.2 Å². The Kier molecular flexibility index (Phi) is 6.44. The van der Waals surface area contributed by atoms with E-state index < -0.39 is 10.0 Å². The number of nitrogens with zero attached hydrogens (tertiary/aromatic N) is 1. The number of sulfonamides is 1. The average Bonchev–Trinajstić information content (AvgIpc) is 2.30. The lowest BCUT2D eigenvalue weighted by Gasteiger charge is -2.25. The Morgan fingerprint density at radius 2 is 1.88 bits per heavy atom. The van der Waals surface area contributed by atoms with Crippen molar-refractivity contribution in [3.63, 3.8) is 0 Å². The first-order valence-corrected chi connectivity index (χ1v) is 8.32. The first-order valence-electron chi connectivity index (χ1n) is 6.71. The monoisotopic (exact) mass is 262 g/mol. The van der Waals surface area contributed by atoms with Crippen molar-refractivity contribution in [2.75, 3.05) is 32.4 Å². The van der Waals surface area contributed by atoms with Crippen LogP contribution in [0, 0.1) is 5.92 Å². The Morgan fingerprint density at radius 1 is 1.24 bits per heavy atom. The van der Waals surface area contributed by atoms with Crippen LogP contribution in [0.5, 0.6) is 0 Å². The van der Waals surface area contributed by atoms with Gasteiger partial charge in [0.05, 0.1) is 5.75 Å². The third-order valence-corrected chi connectivity index (χ3v) is 5.48. The van der Waals surface area contributed by atoms with Gasteiger partial charge in [0, 0.05) is 13.6 Å². The summed E-state index contributed by atoms with van der Waals surface area (Å²) in [5.41, 5.74) is 0. The van der Waals surface area contributed by atoms with Crippen LogP contribution in [0.25, 0.3) is 0 Å². The highest BCUT2D eigenvalue weighted by atomic mass is 32.2. The molecule has 1 aliphatic rings. The maximum atomic E-state index is 12.1. The van der Waals surface area contributed by atoms with E-state index in [1.807, 2.05) is 0 Å². The standard InChI is InChI=1S/C12H26N2O2S/c1-3-4-5-10-14(2)17(15,16)11-12-6-8-13-9-7-12/h12-13H,3-11H2,1-2H3. The highest BCUT2D eigenvalue weighted by Crippen LogP contribution is 2.16. The Hall–Kier alpha value is -0.130. The van der Waals surface area contributed by atoms with Crippen LogP contribution >= 0.6 is 0 Å². The van der Waals surface area contributed by atoms with Crippen LogP contribution in [0.2, 0.25) is 0 Å². The minimum absolute atomic E-state index is 0.331. The number of unbranched alkanes of at least 4 members (excludes halogenated alkanes) is 2. The van der Waals surface area contributed by atoms with Crippen LogP contribution < -0.4 is 5.32 Å². The van der Waals surface area contributed by atoms with Gasteiger partial charge in [-0.2, -0.15) is 0 Å². The lowest BCUT2D eigenvalue weighted by atomic mass is 10.0. The van der Waals surface area contributed by atoms with E-state index in [2.05, 4.69) is 12.2 Å². The second kappa shape index (κ2) is 7.34. The zero-order valence-corrected chi connectivity index (χ0v) is 11.9. The average molecular weight is 262 g/mol. The molecule has 4 nitrogen and oxygen atoms in total. The van der Waals surface area contributed by atoms with Gasteiger partial charge in [0.1, 0.15) is 0 Å². The van der Waals surface area contributed by atoms with Crippen LogP contribution in [0.4, 0.5) is 0 Å². The Labute approximate surface area is 106 Å². The van der Waals surface area contributed by atoms with Crippen LogP contribution in [0.3, 0.4) is 0 Å². The molecule has 0 saturated carbocycles. The van der Waals surface area contributed by atoms with Gasteiger partial charge < -0.3 is 5.32 Å². The van der Waals surface area contributed by atoms with E-state index in [1.165, 1.54) is 0 Å². The fourth-order valence-electron chi connectivity index (χ4n) is 2.20. The molecule has 0 atom stereocenters. The molecule has 0 spiro atoms. The van der Waals surface area contributed by atoms with E-state index >= 15 is 0 Å². The van der Waals surface area contributed by atoms with Crippen LogP contribution in [0.1, 0.15) is 39.0 Å². The van der Waals surface area contributed by atoms with Crippen molar-refractivity contribution >= 4 is 10.0 Å². The Morgan fingerprint density at radius 3 is 2.47 bits per heavy atom. The van der Waals surface area contributed by atoms with Gasteiger partial charge in [-0.15, -0.1) is 0 Å². The van der Waals surface area contributed by atoms with Gasteiger partial charge in [-0.3, -0.25) is 0 Å². The van der Waals surface area contributed by atoms with Gasteiger partial charge in [0.15, 0.2) is 0 Å². The number of rotatable bonds is 7. The molecule has 5 heteroatoms. The van der Waals surface area contributed by atoms with Crippen molar-refractivity contribution in [3.8, 4) is 0 Å². The predicted molar refractivity (Wildman–Crippen MR) is 71.5 cm³/mol. The zero-order chi connectivity index (χ0) is 12.7. The summed E-state index contributed by atoms with van der Waals surface area (Å²) in [5.74, 6) is 0.673. The quantitative estimate of drug-likeness (QED) is 0.706. The van der Waals surface area contributed by atoms with Crippen molar-refractivity contribution in [2.45, 2.75) is 39.0 Å². The lowest BCUT2D eigenvalue weighted by Crippen LogP contribution is -2.37. The van der Waals surface area contributed by atoms with E-state index in [4.69, 9.17) is 0 Å². The first kappa shape index (κ1) is 14.9. The third kappa shape index (κ3) is 5.36. The third-order valence-electron chi connectivity index (χ3n) is 3.46. The van der Waals surface area contributed by atoms with E-state index in [1.54, 1.807) is 11.4 Å². The molecule has 1 saturated heterocycles. The van der Waals surface area contributed by atoms with Gasteiger partial charge >= 0.3 is 0 Å². The fourth-order valence-corrected chi connectivity index (χ4v) is 3.79. The van der Waals surface area contributed by atoms with Crippen molar-refractivity contribution in [1.29, 1.82) is 0 Å². The normalized spacial score (nSPS) is 18.8. The SMILES string of the molecule is CCCCCN(C)S(=O)(=O)CC1CCNCC1. The summed E-state index contributed by atoms with van der Waals surface area (Å²) in [4.78, 5) is 0. The molecular weight excluding hydrogens is 236 g/mol. The van der Waals surface area contributed by atoms with Gasteiger partial charge in [0.2, 0.25) is 10.0 Å². The number of piperidine rings is 1. The molecule has 0 aliphatic carbocycles. The van der Waals surface area contributed by atoms with Crippen LogP contribution in [-0.4, -0.2) is 45.2 Å². The molecule has 0 aromatic rings. The summed E-state index contributed by atoms with van der Waals surface area (Å²) in [5, 5.41) is 3.26. The molecule has 1 heterocycles. The molecule has 17 heavy (non-hydrogen) atoms. The van der Waals surface area contributed by atoms with Gasteiger partial charge in [-0.05, 0) is 38.3 Å². The summed E-state index contributed by atoms with van der Waals surface area (Å²) < 4.78 is 25.7. The topological polar surface area (TPSA) is 49.4 Å². The minimum atomic E-state index is -3.03. The molecule has 0 aromatic heterocycles. The molecule has 0 unspecified atom stereocenters. The number of hydrogen-bond donors (Lipinski definition) is 1. The van der Waals surface area contributed by atoms with Gasteiger partial charge in [-0.25, -0.2) is 12.7 Å². The molecule has 0 radical (unpaired) electrons. The maximum absolute atomic E-state index is 12.1. The molecule has 0 bridgehead atoms. The van der Waals surface area contributed by atoms with Crippen molar-refractivity contribution in [1.82, 2.24) is 9.62 Å².